The number of aliphatic hydroxyl groups is 1. The van der Waals surface area contributed by atoms with Gasteiger partial charge < -0.3 is 10.0 Å². The highest BCUT2D eigenvalue weighted by molar-refractivity contribution is 5.81. The fourth-order valence-corrected chi connectivity index (χ4v) is 3.37. The zero-order chi connectivity index (χ0) is 16.5. The van der Waals surface area contributed by atoms with E-state index in [9.17, 15) is 9.50 Å². The minimum atomic E-state index is -0.288. The molecule has 1 aliphatic heterocycles. The second-order valence-corrected chi connectivity index (χ2v) is 6.08. The fraction of sp³-hybridized carbons (Fsp3) is 0.333. The van der Waals surface area contributed by atoms with Crippen molar-refractivity contribution in [1.29, 1.82) is 0 Å². The van der Waals surface area contributed by atoms with Gasteiger partial charge in [-0.2, -0.15) is 5.10 Å². The summed E-state index contributed by atoms with van der Waals surface area (Å²) in [5.74, 6) is 0.575. The number of hydrogen-bond donors (Lipinski definition) is 1. The molecule has 1 N–H and O–H groups in total. The number of piperidine rings is 1. The van der Waals surface area contributed by atoms with Gasteiger partial charge in [0.1, 0.15) is 11.3 Å². The van der Waals surface area contributed by atoms with Crippen LogP contribution < -0.4 is 4.90 Å². The fourth-order valence-electron chi connectivity index (χ4n) is 3.37. The first-order valence-corrected chi connectivity index (χ1v) is 8.26. The van der Waals surface area contributed by atoms with Crippen molar-refractivity contribution in [2.75, 3.05) is 18.0 Å². The van der Waals surface area contributed by atoms with Crippen LogP contribution in [0, 0.1) is 5.82 Å². The summed E-state index contributed by atoms with van der Waals surface area (Å²) < 4.78 is 15.0. The highest BCUT2D eigenvalue weighted by atomic mass is 19.1. The Kier molecular flexibility index (Phi) is 3.90. The van der Waals surface area contributed by atoms with E-state index in [1.54, 1.807) is 29.0 Å². The van der Waals surface area contributed by atoms with Crippen LogP contribution in [0.4, 0.5) is 10.2 Å². The molecule has 4 rings (SSSR count). The number of hydrogen-bond acceptors (Lipinski definition) is 4. The molecule has 1 fully saturated rings. The number of anilines is 1. The van der Waals surface area contributed by atoms with Gasteiger partial charge in [-0.05, 0) is 43.5 Å². The number of aromatic nitrogens is 3. The first-order chi connectivity index (χ1) is 11.8. The maximum absolute atomic E-state index is 13.2. The number of halogens is 1. The number of aliphatic hydroxyl groups excluding tert-OH is 1. The molecule has 1 saturated heterocycles. The van der Waals surface area contributed by atoms with E-state index in [1.807, 2.05) is 0 Å². The molecule has 124 valence electrons. The molecular weight excluding hydrogens is 307 g/mol. The highest BCUT2D eigenvalue weighted by Crippen LogP contribution is 2.32. The summed E-state index contributed by atoms with van der Waals surface area (Å²) in [5, 5.41) is 14.6. The lowest BCUT2D eigenvalue weighted by Gasteiger charge is -2.28. The summed E-state index contributed by atoms with van der Waals surface area (Å²) in [7, 11) is 0. The monoisotopic (exact) mass is 326 g/mol. The molecule has 1 aromatic carbocycles. The molecule has 0 atom stereocenters. The summed E-state index contributed by atoms with van der Waals surface area (Å²) in [6.07, 6.45) is 7.06. The van der Waals surface area contributed by atoms with Crippen LogP contribution in [0.25, 0.3) is 16.8 Å². The molecule has 3 heterocycles. The van der Waals surface area contributed by atoms with E-state index in [2.05, 4.69) is 15.0 Å². The van der Waals surface area contributed by atoms with Gasteiger partial charge in [-0.1, -0.05) is 0 Å². The van der Waals surface area contributed by atoms with Crippen LogP contribution in [0.5, 0.6) is 0 Å². The minimum Gasteiger partial charge on any atom is -0.392 e. The van der Waals surface area contributed by atoms with E-state index >= 15 is 0 Å². The number of benzene rings is 1. The number of fused-ring (bicyclic) bond motifs is 1. The van der Waals surface area contributed by atoms with E-state index in [0.29, 0.717) is 5.69 Å². The average Bonchev–Trinajstić information content (AvgIpc) is 3.01. The van der Waals surface area contributed by atoms with Gasteiger partial charge in [0.15, 0.2) is 5.82 Å². The van der Waals surface area contributed by atoms with Gasteiger partial charge >= 0.3 is 0 Å². The third-order valence-corrected chi connectivity index (χ3v) is 4.56. The van der Waals surface area contributed by atoms with E-state index in [-0.39, 0.29) is 12.4 Å². The topological polar surface area (TPSA) is 53.7 Å². The van der Waals surface area contributed by atoms with E-state index in [4.69, 9.17) is 0 Å². The predicted molar refractivity (Wildman–Crippen MR) is 90.4 cm³/mol. The quantitative estimate of drug-likeness (QED) is 0.804. The molecule has 3 aromatic rings. The molecule has 6 heteroatoms. The van der Waals surface area contributed by atoms with E-state index in [0.717, 1.165) is 48.4 Å². The molecular formula is C18H19FN4O. The predicted octanol–water partition coefficient (Wildman–Crippen LogP) is 3.02. The SMILES string of the molecule is OCc1c(-c2ccc(F)cc2)nn2ccnc(N3CCCCC3)c12. The first-order valence-electron chi connectivity index (χ1n) is 8.26. The standard InChI is InChI=1S/C18H19FN4O/c19-14-6-4-13(5-7-14)16-15(12-24)17-18(20-8-11-23(17)21-16)22-9-2-1-3-10-22/h4-8,11,24H,1-3,9-10,12H2. The van der Waals surface area contributed by atoms with Crippen molar-refractivity contribution in [3.05, 3.63) is 48.0 Å². The van der Waals surface area contributed by atoms with Crippen molar-refractivity contribution in [3.8, 4) is 11.3 Å². The molecule has 5 nitrogen and oxygen atoms in total. The smallest absolute Gasteiger partial charge is 0.155 e. The average molecular weight is 326 g/mol. The summed E-state index contributed by atoms with van der Waals surface area (Å²) in [6.45, 7) is 1.80. The highest BCUT2D eigenvalue weighted by Gasteiger charge is 2.21. The Hall–Kier alpha value is -2.47. The zero-order valence-electron chi connectivity index (χ0n) is 13.3. The third-order valence-electron chi connectivity index (χ3n) is 4.56. The van der Waals surface area contributed by atoms with Gasteiger partial charge in [0.25, 0.3) is 0 Å². The van der Waals surface area contributed by atoms with Crippen molar-refractivity contribution < 1.29 is 9.50 Å². The molecule has 24 heavy (non-hydrogen) atoms. The van der Waals surface area contributed by atoms with Gasteiger partial charge in [0.2, 0.25) is 0 Å². The van der Waals surface area contributed by atoms with Crippen molar-refractivity contribution in [1.82, 2.24) is 14.6 Å². The second kappa shape index (κ2) is 6.20. The maximum Gasteiger partial charge on any atom is 0.155 e. The van der Waals surface area contributed by atoms with E-state index in [1.165, 1.54) is 18.6 Å². The van der Waals surface area contributed by atoms with Crippen LogP contribution in [-0.2, 0) is 6.61 Å². The molecule has 0 aliphatic carbocycles. The molecule has 0 amide bonds. The molecule has 0 spiro atoms. The van der Waals surface area contributed by atoms with Crippen LogP contribution in [0.1, 0.15) is 24.8 Å². The van der Waals surface area contributed by atoms with E-state index < -0.39 is 0 Å². The first kappa shape index (κ1) is 15.1. The zero-order valence-corrected chi connectivity index (χ0v) is 13.3. The lowest BCUT2D eigenvalue weighted by Crippen LogP contribution is -2.30. The molecule has 2 aromatic heterocycles. The van der Waals surface area contributed by atoms with Crippen LogP contribution in [0.2, 0.25) is 0 Å². The molecule has 0 unspecified atom stereocenters. The largest absolute Gasteiger partial charge is 0.392 e. The van der Waals surface area contributed by atoms with Gasteiger partial charge in [0.05, 0.1) is 12.3 Å². The normalized spacial score (nSPS) is 15.2. The summed E-state index contributed by atoms with van der Waals surface area (Å²) in [6, 6.07) is 6.18. The minimum absolute atomic E-state index is 0.136. The van der Waals surface area contributed by atoms with Crippen molar-refractivity contribution in [2.24, 2.45) is 0 Å². The molecule has 0 bridgehead atoms. The summed E-state index contributed by atoms with van der Waals surface area (Å²) >= 11 is 0. The summed E-state index contributed by atoms with van der Waals surface area (Å²) in [5.41, 5.74) is 3.02. The van der Waals surface area contributed by atoms with Gasteiger partial charge in [0, 0.05) is 36.6 Å². The van der Waals surface area contributed by atoms with Crippen molar-refractivity contribution >= 4 is 11.3 Å². The van der Waals surface area contributed by atoms with Crippen molar-refractivity contribution in [2.45, 2.75) is 25.9 Å². The van der Waals surface area contributed by atoms with Gasteiger partial charge in [-0.3, -0.25) is 0 Å². The number of nitrogens with zero attached hydrogens (tertiary/aromatic N) is 4. The van der Waals surface area contributed by atoms with Crippen LogP contribution in [-0.4, -0.2) is 32.8 Å². The van der Waals surface area contributed by atoms with Crippen LogP contribution in [0.15, 0.2) is 36.7 Å². The van der Waals surface area contributed by atoms with Crippen LogP contribution >= 0.6 is 0 Å². The lowest BCUT2D eigenvalue weighted by molar-refractivity contribution is 0.284. The Morgan fingerprint density at radius 3 is 2.54 bits per heavy atom. The molecule has 0 radical (unpaired) electrons. The Morgan fingerprint density at radius 1 is 1.08 bits per heavy atom. The van der Waals surface area contributed by atoms with Gasteiger partial charge in [-0.15, -0.1) is 0 Å². The Morgan fingerprint density at radius 2 is 1.83 bits per heavy atom. The second-order valence-electron chi connectivity index (χ2n) is 6.08. The summed E-state index contributed by atoms with van der Waals surface area (Å²) in [4.78, 5) is 6.81. The number of rotatable bonds is 3. The molecule has 0 saturated carbocycles. The van der Waals surface area contributed by atoms with Crippen molar-refractivity contribution in [3.63, 3.8) is 0 Å². The maximum atomic E-state index is 13.2. The van der Waals surface area contributed by atoms with Gasteiger partial charge in [-0.25, -0.2) is 13.9 Å². The third kappa shape index (κ3) is 2.53. The Labute approximate surface area is 139 Å². The molecule has 1 aliphatic rings. The van der Waals surface area contributed by atoms with Crippen LogP contribution in [0.3, 0.4) is 0 Å². The Balaban J connectivity index is 1.89. The Bertz CT molecular complexity index is 853. The lowest BCUT2D eigenvalue weighted by atomic mass is 10.1.